The molecule has 0 spiro atoms. The maximum absolute atomic E-state index is 5.76. The number of nitrogen functional groups attached to an aromatic ring is 1. The van der Waals surface area contributed by atoms with Gasteiger partial charge in [-0.1, -0.05) is 28.0 Å². The first kappa shape index (κ1) is 11.9. The number of halogens is 2. The van der Waals surface area contributed by atoms with Crippen LogP contribution in [-0.2, 0) is 6.42 Å². The smallest absolute Gasteiger partial charge is 0.173 e. The fourth-order valence-corrected chi connectivity index (χ4v) is 2.49. The third-order valence-corrected chi connectivity index (χ3v) is 3.78. The predicted molar refractivity (Wildman–Crippen MR) is 76.1 cm³/mol. The number of anilines is 1. The van der Waals surface area contributed by atoms with Crippen LogP contribution in [0.3, 0.4) is 0 Å². The van der Waals surface area contributed by atoms with Crippen LogP contribution in [0.1, 0.15) is 12.5 Å². The summed E-state index contributed by atoms with van der Waals surface area (Å²) >= 11 is 5.72. The molecule has 0 aliphatic heterocycles. The molecular weight excluding hydrogens is 383 g/mol. The Kier molecular flexibility index (Phi) is 3.53. The Labute approximate surface area is 116 Å². The Morgan fingerprint density at radius 2 is 2.25 bits per heavy atom. The van der Waals surface area contributed by atoms with Crippen molar-refractivity contribution in [3.05, 3.63) is 31.8 Å². The summed E-state index contributed by atoms with van der Waals surface area (Å²) in [6, 6.07) is 6.04. The summed E-state index contributed by atoms with van der Waals surface area (Å²) in [4.78, 5) is 0. The molecule has 1 aromatic carbocycles. The molecule has 84 valence electrons. The van der Waals surface area contributed by atoms with Gasteiger partial charge in [-0.2, -0.15) is 0 Å². The minimum absolute atomic E-state index is 0.480. The Morgan fingerprint density at radius 3 is 2.94 bits per heavy atom. The van der Waals surface area contributed by atoms with Gasteiger partial charge in [-0.05, 0) is 47.2 Å². The van der Waals surface area contributed by atoms with E-state index in [2.05, 4.69) is 43.7 Å². The first-order valence-corrected chi connectivity index (χ1v) is 6.70. The minimum atomic E-state index is 0.480. The SMILES string of the molecule is CCc1c(N)noc1-c1cc(Br)ccc1I. The molecular formula is C11H10BrIN2O. The lowest BCUT2D eigenvalue weighted by atomic mass is 10.1. The van der Waals surface area contributed by atoms with Gasteiger partial charge in [0.2, 0.25) is 0 Å². The monoisotopic (exact) mass is 392 g/mol. The van der Waals surface area contributed by atoms with Gasteiger partial charge in [0.15, 0.2) is 11.6 Å². The molecule has 16 heavy (non-hydrogen) atoms. The van der Waals surface area contributed by atoms with Gasteiger partial charge in [0.1, 0.15) is 0 Å². The van der Waals surface area contributed by atoms with Crippen molar-refractivity contribution in [2.24, 2.45) is 0 Å². The molecule has 2 N–H and O–H groups in total. The van der Waals surface area contributed by atoms with E-state index in [0.717, 1.165) is 31.4 Å². The van der Waals surface area contributed by atoms with Gasteiger partial charge in [0.25, 0.3) is 0 Å². The molecule has 1 heterocycles. The van der Waals surface area contributed by atoms with E-state index >= 15 is 0 Å². The molecule has 0 saturated carbocycles. The highest BCUT2D eigenvalue weighted by molar-refractivity contribution is 14.1. The van der Waals surface area contributed by atoms with Gasteiger partial charge in [0, 0.05) is 19.2 Å². The molecule has 0 atom stereocenters. The first-order chi connectivity index (χ1) is 7.63. The van der Waals surface area contributed by atoms with E-state index in [1.165, 1.54) is 0 Å². The lowest BCUT2D eigenvalue weighted by Crippen LogP contribution is -1.91. The average Bonchev–Trinajstić information content (AvgIpc) is 2.63. The number of benzene rings is 1. The highest BCUT2D eigenvalue weighted by Gasteiger charge is 2.16. The highest BCUT2D eigenvalue weighted by Crippen LogP contribution is 2.33. The van der Waals surface area contributed by atoms with E-state index in [-0.39, 0.29) is 0 Å². The van der Waals surface area contributed by atoms with Crippen LogP contribution in [-0.4, -0.2) is 5.16 Å². The largest absolute Gasteiger partial charge is 0.381 e. The lowest BCUT2D eigenvalue weighted by Gasteiger charge is -2.03. The zero-order valence-electron chi connectivity index (χ0n) is 8.63. The minimum Gasteiger partial charge on any atom is -0.381 e. The van der Waals surface area contributed by atoms with Crippen molar-refractivity contribution < 1.29 is 4.52 Å². The van der Waals surface area contributed by atoms with E-state index in [1.807, 2.05) is 25.1 Å². The molecule has 0 unspecified atom stereocenters. The highest BCUT2D eigenvalue weighted by atomic mass is 127. The third kappa shape index (κ3) is 2.10. The van der Waals surface area contributed by atoms with Crippen LogP contribution in [0, 0.1) is 3.57 Å². The zero-order chi connectivity index (χ0) is 11.7. The predicted octanol–water partition coefficient (Wildman–Crippen LogP) is 3.85. The van der Waals surface area contributed by atoms with E-state index in [4.69, 9.17) is 10.3 Å². The van der Waals surface area contributed by atoms with Gasteiger partial charge in [0.05, 0.1) is 0 Å². The van der Waals surface area contributed by atoms with Crippen LogP contribution < -0.4 is 5.73 Å². The van der Waals surface area contributed by atoms with Crippen molar-refractivity contribution >= 4 is 44.3 Å². The molecule has 0 bridgehead atoms. The van der Waals surface area contributed by atoms with E-state index in [0.29, 0.717) is 5.82 Å². The van der Waals surface area contributed by atoms with Gasteiger partial charge in [-0.15, -0.1) is 0 Å². The average molecular weight is 393 g/mol. The topological polar surface area (TPSA) is 52.0 Å². The second kappa shape index (κ2) is 4.75. The molecule has 0 aliphatic rings. The molecule has 0 amide bonds. The molecule has 1 aromatic heterocycles. The number of aromatic nitrogens is 1. The number of hydrogen-bond donors (Lipinski definition) is 1. The van der Waals surface area contributed by atoms with Crippen molar-refractivity contribution in [1.82, 2.24) is 5.16 Å². The van der Waals surface area contributed by atoms with Gasteiger partial charge < -0.3 is 10.3 Å². The van der Waals surface area contributed by atoms with Gasteiger partial charge >= 0.3 is 0 Å². The van der Waals surface area contributed by atoms with Crippen LogP contribution in [0.4, 0.5) is 5.82 Å². The second-order valence-corrected chi connectivity index (χ2v) is 5.43. The normalized spacial score (nSPS) is 10.7. The summed E-state index contributed by atoms with van der Waals surface area (Å²) < 4.78 is 7.44. The van der Waals surface area contributed by atoms with E-state index in [9.17, 15) is 0 Å². The molecule has 0 aliphatic carbocycles. The molecule has 2 aromatic rings. The quantitative estimate of drug-likeness (QED) is 0.789. The third-order valence-electron chi connectivity index (χ3n) is 2.35. The molecule has 0 radical (unpaired) electrons. The van der Waals surface area contributed by atoms with E-state index in [1.54, 1.807) is 0 Å². The summed E-state index contributed by atoms with van der Waals surface area (Å²) in [5.74, 6) is 1.25. The number of nitrogens with zero attached hydrogens (tertiary/aromatic N) is 1. The van der Waals surface area contributed by atoms with Gasteiger partial charge in [-0.3, -0.25) is 0 Å². The van der Waals surface area contributed by atoms with Crippen LogP contribution >= 0.6 is 38.5 Å². The fourth-order valence-electron chi connectivity index (χ4n) is 1.55. The van der Waals surface area contributed by atoms with Crippen molar-refractivity contribution in [2.75, 3.05) is 5.73 Å². The fraction of sp³-hybridized carbons (Fsp3) is 0.182. The second-order valence-electron chi connectivity index (χ2n) is 3.35. The first-order valence-electron chi connectivity index (χ1n) is 4.83. The summed E-state index contributed by atoms with van der Waals surface area (Å²) in [5, 5.41) is 3.82. The Morgan fingerprint density at radius 1 is 1.50 bits per heavy atom. The van der Waals surface area contributed by atoms with Crippen LogP contribution in [0.25, 0.3) is 11.3 Å². The Balaban J connectivity index is 2.62. The van der Waals surface area contributed by atoms with Crippen molar-refractivity contribution in [3.63, 3.8) is 0 Å². The standard InChI is InChI=1S/C11H10BrIN2O/c1-2-7-10(16-15-11(7)14)8-5-6(12)3-4-9(8)13/h3-5H,2H2,1H3,(H2,14,15). The summed E-state index contributed by atoms with van der Waals surface area (Å²) in [6.45, 7) is 2.04. The van der Waals surface area contributed by atoms with Crippen molar-refractivity contribution in [2.45, 2.75) is 13.3 Å². The molecule has 0 saturated heterocycles. The molecule has 0 fully saturated rings. The summed E-state index contributed by atoms with van der Waals surface area (Å²) in [6.07, 6.45) is 0.813. The van der Waals surface area contributed by atoms with Crippen molar-refractivity contribution in [3.8, 4) is 11.3 Å². The lowest BCUT2D eigenvalue weighted by molar-refractivity contribution is 0.435. The summed E-state index contributed by atoms with van der Waals surface area (Å²) in [7, 11) is 0. The number of rotatable bonds is 2. The van der Waals surface area contributed by atoms with Crippen molar-refractivity contribution in [1.29, 1.82) is 0 Å². The Bertz CT molecular complexity index is 525. The van der Waals surface area contributed by atoms with Crippen LogP contribution in [0.5, 0.6) is 0 Å². The maximum atomic E-state index is 5.76. The number of nitrogens with two attached hydrogens (primary N) is 1. The Hall–Kier alpha value is -0.560. The van der Waals surface area contributed by atoms with E-state index < -0.39 is 0 Å². The summed E-state index contributed by atoms with van der Waals surface area (Å²) in [5.41, 5.74) is 7.75. The molecule has 3 nitrogen and oxygen atoms in total. The maximum Gasteiger partial charge on any atom is 0.173 e. The van der Waals surface area contributed by atoms with Gasteiger partial charge in [-0.25, -0.2) is 0 Å². The van der Waals surface area contributed by atoms with Crippen LogP contribution in [0.2, 0.25) is 0 Å². The number of hydrogen-bond acceptors (Lipinski definition) is 3. The zero-order valence-corrected chi connectivity index (χ0v) is 12.4. The molecule has 5 heteroatoms. The van der Waals surface area contributed by atoms with Crippen LogP contribution in [0.15, 0.2) is 27.2 Å². The molecule has 2 rings (SSSR count).